The molecule has 4 aromatic heterocycles. The van der Waals surface area contributed by atoms with Gasteiger partial charge in [-0.25, -0.2) is 18.9 Å². The monoisotopic (exact) mass is 468 g/mol. The van der Waals surface area contributed by atoms with Gasteiger partial charge in [0.05, 0.1) is 22.9 Å². The van der Waals surface area contributed by atoms with Crippen molar-refractivity contribution in [3.05, 3.63) is 70.0 Å². The molecule has 0 bridgehead atoms. The lowest BCUT2D eigenvalue weighted by Gasteiger charge is -2.12. The molecule has 1 aliphatic rings. The summed E-state index contributed by atoms with van der Waals surface area (Å²) in [5.41, 5.74) is 0.871. The number of carbonyl (C=O) groups excluding carboxylic acids is 1. The summed E-state index contributed by atoms with van der Waals surface area (Å²) in [5, 5.41) is 13.3. The molecule has 0 aliphatic heterocycles. The van der Waals surface area contributed by atoms with Gasteiger partial charge < -0.3 is 16.0 Å². The van der Waals surface area contributed by atoms with Crippen molar-refractivity contribution in [2.24, 2.45) is 0 Å². The van der Waals surface area contributed by atoms with Crippen molar-refractivity contribution >= 4 is 40.3 Å². The summed E-state index contributed by atoms with van der Waals surface area (Å²) >= 11 is 6.25. The highest BCUT2D eigenvalue weighted by molar-refractivity contribution is 6.30. The first kappa shape index (κ1) is 20.9. The third-order valence-electron chi connectivity index (χ3n) is 5.14. The summed E-state index contributed by atoms with van der Waals surface area (Å²) < 4.78 is 15.9. The molecular formula is C21H18ClFN8O2. The molecule has 1 fully saturated rings. The van der Waals surface area contributed by atoms with Crippen LogP contribution in [-0.2, 0) is 0 Å². The molecule has 2 atom stereocenters. The average molecular weight is 469 g/mol. The van der Waals surface area contributed by atoms with Crippen LogP contribution in [-0.4, -0.2) is 49.3 Å². The highest BCUT2D eigenvalue weighted by atomic mass is 35.5. The summed E-state index contributed by atoms with van der Waals surface area (Å²) in [6.45, 7) is 0. The van der Waals surface area contributed by atoms with Crippen LogP contribution in [0.2, 0.25) is 5.02 Å². The first-order valence-corrected chi connectivity index (χ1v) is 10.4. The Morgan fingerprint density at radius 2 is 2.06 bits per heavy atom. The number of fused-ring (bicyclic) bond motifs is 1. The molecule has 5 rings (SSSR count). The van der Waals surface area contributed by atoms with E-state index in [-0.39, 0.29) is 17.2 Å². The third kappa shape index (κ3) is 3.98. The van der Waals surface area contributed by atoms with E-state index in [1.807, 2.05) is 0 Å². The maximum atomic E-state index is 13.2. The molecule has 4 heterocycles. The van der Waals surface area contributed by atoms with Crippen LogP contribution in [0.15, 0.2) is 53.7 Å². The number of aromatic nitrogens is 5. The molecule has 4 aromatic rings. The second-order valence-corrected chi connectivity index (χ2v) is 7.90. The van der Waals surface area contributed by atoms with Crippen molar-refractivity contribution in [1.29, 1.82) is 0 Å². The van der Waals surface area contributed by atoms with Gasteiger partial charge in [-0.1, -0.05) is 17.7 Å². The lowest BCUT2D eigenvalue weighted by atomic mass is 10.3. The van der Waals surface area contributed by atoms with Crippen molar-refractivity contribution in [3.8, 4) is 5.82 Å². The smallest absolute Gasteiger partial charge is 0.280 e. The number of pyridine rings is 2. The van der Waals surface area contributed by atoms with Gasteiger partial charge in [-0.2, -0.15) is 0 Å². The predicted molar refractivity (Wildman–Crippen MR) is 121 cm³/mol. The van der Waals surface area contributed by atoms with Crippen LogP contribution in [0.4, 0.5) is 21.6 Å². The number of nitrogens with one attached hydrogen (secondary N) is 3. The maximum Gasteiger partial charge on any atom is 0.280 e. The zero-order chi connectivity index (χ0) is 23.1. The van der Waals surface area contributed by atoms with Crippen molar-refractivity contribution < 1.29 is 9.18 Å². The van der Waals surface area contributed by atoms with E-state index < -0.39 is 23.7 Å². The maximum absolute atomic E-state index is 13.2. The van der Waals surface area contributed by atoms with Crippen molar-refractivity contribution in [1.82, 2.24) is 29.5 Å². The second kappa shape index (κ2) is 8.17. The Bertz CT molecular complexity index is 1420. The van der Waals surface area contributed by atoms with Gasteiger partial charge in [0.1, 0.15) is 17.7 Å². The van der Waals surface area contributed by atoms with Crippen LogP contribution < -0.4 is 21.5 Å². The fraction of sp³-hybridized carbons (Fsp3) is 0.190. The Labute approximate surface area is 191 Å². The molecule has 0 aromatic carbocycles. The largest absolute Gasteiger partial charge is 0.385 e. The van der Waals surface area contributed by atoms with Gasteiger partial charge in [0, 0.05) is 31.9 Å². The van der Waals surface area contributed by atoms with Gasteiger partial charge in [0.25, 0.3) is 11.5 Å². The number of imidazole rings is 1. The van der Waals surface area contributed by atoms with Crippen LogP contribution in [0.5, 0.6) is 0 Å². The van der Waals surface area contributed by atoms with Gasteiger partial charge in [0.15, 0.2) is 17.2 Å². The summed E-state index contributed by atoms with van der Waals surface area (Å²) in [4.78, 5) is 34.1. The summed E-state index contributed by atoms with van der Waals surface area (Å²) in [6, 6.07) is 7.81. The standard InChI is InChI=1S/C21H18ClFN8O2/c1-24-14-8-17(29-31-16(9-26-19(14)31)20(32)28-13-7-12(13)23)27-15-6-11(22)10-30(21(15)33)18-4-2-3-5-25-18/h2-6,8-10,12-13,24H,7H2,1H3,(H,27,29)(H,28,32)/t12-,13+/m0/s1. The predicted octanol–water partition coefficient (Wildman–Crippen LogP) is 2.55. The van der Waals surface area contributed by atoms with E-state index in [1.54, 1.807) is 37.5 Å². The minimum atomic E-state index is -1.03. The first-order chi connectivity index (χ1) is 15.9. The Kier molecular flexibility index (Phi) is 5.17. The van der Waals surface area contributed by atoms with Gasteiger partial charge in [0.2, 0.25) is 0 Å². The zero-order valence-corrected chi connectivity index (χ0v) is 18.0. The quantitative estimate of drug-likeness (QED) is 0.398. The fourth-order valence-corrected chi connectivity index (χ4v) is 3.57. The molecule has 1 saturated carbocycles. The SMILES string of the molecule is CNc1cc(Nc2cc(Cl)cn(-c3ccccn3)c2=O)nn2c(C(=O)N[C@@H]3C[C@@H]3F)cnc12. The number of rotatable bonds is 6. The van der Waals surface area contributed by atoms with E-state index in [0.29, 0.717) is 28.6 Å². The Balaban J connectivity index is 1.54. The molecule has 12 heteroatoms. The van der Waals surface area contributed by atoms with Gasteiger partial charge in [-0.3, -0.25) is 14.2 Å². The lowest BCUT2D eigenvalue weighted by molar-refractivity contribution is 0.0940. The summed E-state index contributed by atoms with van der Waals surface area (Å²) in [7, 11) is 1.69. The molecule has 168 valence electrons. The number of nitrogens with zero attached hydrogens (tertiary/aromatic N) is 5. The van der Waals surface area contributed by atoms with Crippen LogP contribution in [0, 0.1) is 0 Å². The lowest BCUT2D eigenvalue weighted by Crippen LogP contribution is -2.28. The minimum absolute atomic E-state index is 0.140. The Morgan fingerprint density at radius 1 is 1.24 bits per heavy atom. The van der Waals surface area contributed by atoms with Crippen molar-refractivity contribution in [3.63, 3.8) is 0 Å². The molecule has 0 spiro atoms. The minimum Gasteiger partial charge on any atom is -0.385 e. The molecule has 33 heavy (non-hydrogen) atoms. The van der Waals surface area contributed by atoms with E-state index >= 15 is 0 Å². The number of hydrogen-bond acceptors (Lipinski definition) is 7. The molecule has 0 saturated heterocycles. The van der Waals surface area contributed by atoms with Crippen molar-refractivity contribution in [2.75, 3.05) is 17.7 Å². The fourth-order valence-electron chi connectivity index (χ4n) is 3.37. The molecule has 1 aliphatic carbocycles. The normalized spacial score (nSPS) is 17.1. The Morgan fingerprint density at radius 3 is 2.76 bits per heavy atom. The van der Waals surface area contributed by atoms with Crippen molar-refractivity contribution in [2.45, 2.75) is 18.6 Å². The van der Waals surface area contributed by atoms with Crippen LogP contribution in [0.25, 0.3) is 11.5 Å². The summed E-state index contributed by atoms with van der Waals surface area (Å²) in [6.07, 6.45) is 3.67. The van der Waals surface area contributed by atoms with E-state index in [1.165, 1.54) is 27.5 Å². The van der Waals surface area contributed by atoms with Gasteiger partial charge >= 0.3 is 0 Å². The van der Waals surface area contributed by atoms with E-state index in [0.717, 1.165) is 0 Å². The van der Waals surface area contributed by atoms with Crippen LogP contribution in [0.1, 0.15) is 16.9 Å². The molecule has 0 radical (unpaired) electrons. The first-order valence-electron chi connectivity index (χ1n) is 10.1. The van der Waals surface area contributed by atoms with E-state index in [4.69, 9.17) is 11.6 Å². The molecule has 10 nitrogen and oxygen atoms in total. The molecule has 0 unspecified atom stereocenters. The molecule has 1 amide bonds. The highest BCUT2D eigenvalue weighted by Gasteiger charge is 2.39. The van der Waals surface area contributed by atoms with Gasteiger partial charge in [-0.15, -0.1) is 5.10 Å². The van der Waals surface area contributed by atoms with E-state index in [2.05, 4.69) is 31.0 Å². The summed E-state index contributed by atoms with van der Waals surface area (Å²) in [5.74, 6) is 0.187. The second-order valence-electron chi connectivity index (χ2n) is 7.46. The number of alkyl halides is 1. The number of amides is 1. The molecular weight excluding hydrogens is 451 g/mol. The third-order valence-corrected chi connectivity index (χ3v) is 5.35. The Hall–Kier alpha value is -3.99. The zero-order valence-electron chi connectivity index (χ0n) is 17.3. The number of anilines is 3. The van der Waals surface area contributed by atoms with E-state index in [9.17, 15) is 14.0 Å². The topological polar surface area (TPSA) is 118 Å². The average Bonchev–Trinajstić information content (AvgIpc) is 3.33. The highest BCUT2D eigenvalue weighted by Crippen LogP contribution is 2.26. The van der Waals surface area contributed by atoms with Gasteiger partial charge in [-0.05, 0) is 18.2 Å². The van der Waals surface area contributed by atoms with Crippen LogP contribution in [0.3, 0.4) is 0 Å². The molecule has 3 N–H and O–H groups in total. The number of hydrogen-bond donors (Lipinski definition) is 3. The van der Waals surface area contributed by atoms with Crippen LogP contribution >= 0.6 is 11.6 Å². The number of halogens is 2. The number of carbonyl (C=O) groups is 1.